The highest BCUT2D eigenvalue weighted by molar-refractivity contribution is 6.26. The van der Waals surface area contributed by atoms with Gasteiger partial charge in [-0.25, -0.2) is 14.5 Å². The third-order valence-electron chi connectivity index (χ3n) is 10.1. The summed E-state index contributed by atoms with van der Waals surface area (Å²) >= 11 is 0. The smallest absolute Gasteiger partial charge is 0.182 e. The minimum absolute atomic E-state index is 0.652. The molecule has 0 N–H and O–H groups in total. The molecule has 0 spiro atoms. The molecular formula is C45H28N6. The maximum atomic E-state index is 5.16. The van der Waals surface area contributed by atoms with E-state index in [1.165, 1.54) is 38.1 Å². The zero-order chi connectivity index (χ0) is 33.5. The van der Waals surface area contributed by atoms with Gasteiger partial charge in [-0.05, 0) is 54.6 Å². The van der Waals surface area contributed by atoms with Gasteiger partial charge in [0.1, 0.15) is 5.69 Å². The molecule has 6 heteroatoms. The lowest BCUT2D eigenvalue weighted by molar-refractivity contribution is 1.00. The van der Waals surface area contributed by atoms with E-state index in [0.717, 1.165) is 50.4 Å². The summed E-state index contributed by atoms with van der Waals surface area (Å²) in [5.74, 6) is 0.652. The summed E-state index contributed by atoms with van der Waals surface area (Å²) in [4.78, 5) is 10.2. The Hall–Kier alpha value is -7.05. The Morgan fingerprint density at radius 2 is 1.06 bits per heavy atom. The van der Waals surface area contributed by atoms with Crippen LogP contribution in [0.5, 0.6) is 0 Å². The second-order valence-corrected chi connectivity index (χ2v) is 12.9. The number of hydrogen-bond donors (Lipinski definition) is 0. The van der Waals surface area contributed by atoms with Crippen molar-refractivity contribution in [3.8, 4) is 34.0 Å². The van der Waals surface area contributed by atoms with Crippen LogP contribution in [-0.2, 0) is 0 Å². The summed E-state index contributed by atoms with van der Waals surface area (Å²) in [6, 6.07) is 59.6. The second-order valence-electron chi connectivity index (χ2n) is 12.9. The van der Waals surface area contributed by atoms with E-state index in [1.54, 1.807) is 0 Å². The van der Waals surface area contributed by atoms with Crippen molar-refractivity contribution in [3.63, 3.8) is 0 Å². The molecule has 0 aliphatic rings. The maximum Gasteiger partial charge on any atom is 0.182 e. The number of rotatable bonds is 4. The lowest BCUT2D eigenvalue weighted by atomic mass is 10.1. The third kappa shape index (κ3) is 4.07. The van der Waals surface area contributed by atoms with Crippen molar-refractivity contribution in [2.45, 2.75) is 0 Å². The average Bonchev–Trinajstić information content (AvgIpc) is 3.89. The van der Waals surface area contributed by atoms with E-state index in [0.29, 0.717) is 5.82 Å². The summed E-state index contributed by atoms with van der Waals surface area (Å²) in [5, 5.41) is 10.0. The van der Waals surface area contributed by atoms with Gasteiger partial charge in [-0.15, -0.1) is 5.10 Å². The fraction of sp³-hybridized carbons (Fsp3) is 0. The fourth-order valence-electron chi connectivity index (χ4n) is 7.87. The SMILES string of the molecule is c1ccc(-c2nc3ccccc3n3nc(-c4cccc(-n5c6ccccc6c6ccc7c(c8ccccc8n7-c7ccccc7)c65)c4)nc23)cc1. The summed E-state index contributed by atoms with van der Waals surface area (Å²) in [6.45, 7) is 0. The summed E-state index contributed by atoms with van der Waals surface area (Å²) in [7, 11) is 0. The molecule has 0 bridgehead atoms. The lowest BCUT2D eigenvalue weighted by Gasteiger charge is -2.11. The first-order valence-corrected chi connectivity index (χ1v) is 17.1. The Morgan fingerprint density at radius 3 is 1.88 bits per heavy atom. The van der Waals surface area contributed by atoms with Gasteiger partial charge in [0.15, 0.2) is 11.5 Å². The molecule has 4 heterocycles. The molecule has 11 rings (SSSR count). The van der Waals surface area contributed by atoms with Crippen molar-refractivity contribution in [3.05, 3.63) is 170 Å². The molecule has 0 unspecified atom stereocenters. The van der Waals surface area contributed by atoms with Gasteiger partial charge in [0, 0.05) is 44.0 Å². The number of hydrogen-bond acceptors (Lipinski definition) is 3. The Bertz CT molecular complexity index is 3130. The average molecular weight is 653 g/mol. The quantitative estimate of drug-likeness (QED) is 0.190. The highest BCUT2D eigenvalue weighted by atomic mass is 15.3. The molecule has 51 heavy (non-hydrogen) atoms. The van der Waals surface area contributed by atoms with E-state index in [1.807, 2.05) is 47.0 Å². The number of fused-ring (bicyclic) bond motifs is 10. The molecular weight excluding hydrogens is 625 g/mol. The van der Waals surface area contributed by atoms with Gasteiger partial charge in [0.2, 0.25) is 0 Å². The number of para-hydroxylation sites is 5. The topological polar surface area (TPSA) is 52.9 Å². The molecule has 0 atom stereocenters. The molecule has 6 nitrogen and oxygen atoms in total. The van der Waals surface area contributed by atoms with Crippen molar-refractivity contribution >= 4 is 60.3 Å². The molecule has 238 valence electrons. The van der Waals surface area contributed by atoms with Gasteiger partial charge in [-0.2, -0.15) is 0 Å². The van der Waals surface area contributed by atoms with Gasteiger partial charge >= 0.3 is 0 Å². The van der Waals surface area contributed by atoms with Crippen LogP contribution in [0.4, 0.5) is 0 Å². The molecule has 0 amide bonds. The van der Waals surface area contributed by atoms with E-state index in [2.05, 4.69) is 137 Å². The Balaban J connectivity index is 1.19. The van der Waals surface area contributed by atoms with E-state index in [9.17, 15) is 0 Å². The van der Waals surface area contributed by atoms with Crippen LogP contribution in [0.2, 0.25) is 0 Å². The highest BCUT2D eigenvalue weighted by Crippen LogP contribution is 2.42. The molecule has 7 aromatic carbocycles. The largest absolute Gasteiger partial charge is 0.309 e. The first-order valence-electron chi connectivity index (χ1n) is 17.1. The third-order valence-corrected chi connectivity index (χ3v) is 10.1. The zero-order valence-corrected chi connectivity index (χ0v) is 27.3. The lowest BCUT2D eigenvalue weighted by Crippen LogP contribution is -1.97. The molecule has 11 aromatic rings. The first-order chi connectivity index (χ1) is 25.3. The summed E-state index contributed by atoms with van der Waals surface area (Å²) in [5.41, 5.74) is 12.1. The normalized spacial score (nSPS) is 11.9. The van der Waals surface area contributed by atoms with Gasteiger partial charge in [-0.1, -0.05) is 115 Å². The highest BCUT2D eigenvalue weighted by Gasteiger charge is 2.22. The predicted molar refractivity (Wildman–Crippen MR) is 208 cm³/mol. The first kappa shape index (κ1) is 27.9. The van der Waals surface area contributed by atoms with Crippen molar-refractivity contribution in [2.75, 3.05) is 0 Å². The van der Waals surface area contributed by atoms with Crippen LogP contribution in [0.1, 0.15) is 0 Å². The van der Waals surface area contributed by atoms with Gasteiger partial charge in [0.25, 0.3) is 0 Å². The van der Waals surface area contributed by atoms with Crippen molar-refractivity contribution < 1.29 is 0 Å². The summed E-state index contributed by atoms with van der Waals surface area (Å²) in [6.07, 6.45) is 0. The van der Waals surface area contributed by atoms with Crippen molar-refractivity contribution in [1.29, 1.82) is 0 Å². The van der Waals surface area contributed by atoms with Crippen molar-refractivity contribution in [2.24, 2.45) is 0 Å². The Kier molecular flexibility index (Phi) is 5.86. The second kappa shape index (κ2) is 10.7. The number of aromatic nitrogens is 6. The van der Waals surface area contributed by atoms with Crippen LogP contribution in [0.3, 0.4) is 0 Å². The molecule has 0 aliphatic heterocycles. The molecule has 0 fully saturated rings. The minimum Gasteiger partial charge on any atom is -0.309 e. The Morgan fingerprint density at radius 1 is 0.412 bits per heavy atom. The van der Waals surface area contributed by atoms with E-state index in [4.69, 9.17) is 15.1 Å². The van der Waals surface area contributed by atoms with Gasteiger partial charge in [0.05, 0.1) is 33.1 Å². The summed E-state index contributed by atoms with van der Waals surface area (Å²) < 4.78 is 6.74. The van der Waals surface area contributed by atoms with Crippen LogP contribution in [0.25, 0.3) is 94.3 Å². The zero-order valence-electron chi connectivity index (χ0n) is 27.3. The van der Waals surface area contributed by atoms with E-state index in [-0.39, 0.29) is 0 Å². The van der Waals surface area contributed by atoms with Crippen molar-refractivity contribution in [1.82, 2.24) is 28.7 Å². The van der Waals surface area contributed by atoms with Crippen LogP contribution in [0, 0.1) is 0 Å². The van der Waals surface area contributed by atoms with E-state index < -0.39 is 0 Å². The fourth-order valence-corrected chi connectivity index (χ4v) is 7.87. The molecule has 4 aromatic heterocycles. The molecule has 0 saturated heterocycles. The predicted octanol–water partition coefficient (Wildman–Crippen LogP) is 10.8. The number of nitrogens with zero attached hydrogens (tertiary/aromatic N) is 6. The van der Waals surface area contributed by atoms with E-state index >= 15 is 0 Å². The number of benzene rings is 7. The van der Waals surface area contributed by atoms with Crippen LogP contribution >= 0.6 is 0 Å². The maximum absolute atomic E-state index is 5.16. The standard InChI is InChI=1S/C45H28N6/c1-3-14-29(15-4-1)42-45-47-44(48-51(45)39-25-12-9-22-36(39)46-42)30-16-13-19-32(28-30)50-37-23-10-7-20-33(37)34-26-27-40-41(43(34)50)35-21-8-11-24-38(35)49(40)31-17-5-2-6-18-31/h1-28H. The van der Waals surface area contributed by atoms with Gasteiger partial charge < -0.3 is 9.13 Å². The minimum atomic E-state index is 0.652. The Labute approximate surface area is 292 Å². The molecule has 0 aliphatic carbocycles. The van der Waals surface area contributed by atoms with Crippen LogP contribution < -0.4 is 0 Å². The van der Waals surface area contributed by atoms with Crippen LogP contribution in [-0.4, -0.2) is 28.7 Å². The van der Waals surface area contributed by atoms with Gasteiger partial charge in [-0.3, -0.25) is 0 Å². The molecule has 0 radical (unpaired) electrons. The monoisotopic (exact) mass is 652 g/mol. The van der Waals surface area contributed by atoms with Crippen LogP contribution in [0.15, 0.2) is 170 Å². The molecule has 0 saturated carbocycles.